The molecule has 0 aliphatic carbocycles. The number of anilines is 2. The highest BCUT2D eigenvalue weighted by atomic mass is 19.1. The Balaban J connectivity index is 2.32. The van der Waals surface area contributed by atoms with Gasteiger partial charge < -0.3 is 11.5 Å². The summed E-state index contributed by atoms with van der Waals surface area (Å²) < 4.78 is 13.0. The third-order valence-electron chi connectivity index (χ3n) is 2.19. The van der Waals surface area contributed by atoms with Gasteiger partial charge in [0.2, 0.25) is 0 Å². The SMILES string of the molecule is Nc1ccccc1N=Nc1cc(F)ccc1N. The van der Waals surface area contributed by atoms with Crippen LogP contribution in [-0.2, 0) is 0 Å². The van der Waals surface area contributed by atoms with Crippen molar-refractivity contribution in [3.05, 3.63) is 48.3 Å². The van der Waals surface area contributed by atoms with Crippen LogP contribution in [0.1, 0.15) is 0 Å². The van der Waals surface area contributed by atoms with E-state index in [0.29, 0.717) is 17.1 Å². The molecule has 0 bridgehead atoms. The highest BCUT2D eigenvalue weighted by Crippen LogP contribution is 2.27. The minimum absolute atomic E-state index is 0.285. The van der Waals surface area contributed by atoms with Crippen molar-refractivity contribution >= 4 is 22.7 Å². The lowest BCUT2D eigenvalue weighted by Crippen LogP contribution is -1.86. The normalized spacial score (nSPS) is 10.9. The summed E-state index contributed by atoms with van der Waals surface area (Å²) in [4.78, 5) is 0. The van der Waals surface area contributed by atoms with Crippen molar-refractivity contribution in [3.63, 3.8) is 0 Å². The molecule has 0 unspecified atom stereocenters. The van der Waals surface area contributed by atoms with Crippen LogP contribution in [0.15, 0.2) is 52.7 Å². The van der Waals surface area contributed by atoms with Crippen LogP contribution < -0.4 is 11.5 Å². The number of nitrogens with zero attached hydrogens (tertiary/aromatic N) is 2. The Morgan fingerprint density at radius 2 is 1.47 bits per heavy atom. The van der Waals surface area contributed by atoms with E-state index in [4.69, 9.17) is 11.5 Å². The standard InChI is InChI=1S/C12H11FN4/c13-8-5-6-10(15)12(7-8)17-16-11-4-2-1-3-9(11)14/h1-7H,14-15H2. The molecule has 0 aliphatic heterocycles. The highest BCUT2D eigenvalue weighted by Gasteiger charge is 2.00. The first-order chi connectivity index (χ1) is 8.16. The fourth-order valence-corrected chi connectivity index (χ4v) is 1.29. The van der Waals surface area contributed by atoms with Crippen LogP contribution in [0, 0.1) is 5.82 Å². The van der Waals surface area contributed by atoms with Crippen molar-refractivity contribution in [2.45, 2.75) is 0 Å². The van der Waals surface area contributed by atoms with Crippen LogP contribution in [0.4, 0.5) is 27.1 Å². The number of nitrogens with two attached hydrogens (primary N) is 2. The van der Waals surface area contributed by atoms with Gasteiger partial charge in [-0.25, -0.2) is 4.39 Å². The van der Waals surface area contributed by atoms with Gasteiger partial charge in [0.1, 0.15) is 17.2 Å². The summed E-state index contributed by atoms with van der Waals surface area (Å²) in [7, 11) is 0. The first-order valence-corrected chi connectivity index (χ1v) is 4.98. The summed E-state index contributed by atoms with van der Waals surface area (Å²) in [5.41, 5.74) is 13.0. The van der Waals surface area contributed by atoms with Crippen molar-refractivity contribution in [2.75, 3.05) is 11.5 Å². The van der Waals surface area contributed by atoms with E-state index in [0.717, 1.165) is 0 Å². The van der Waals surface area contributed by atoms with E-state index in [2.05, 4.69) is 10.2 Å². The number of benzene rings is 2. The predicted octanol–water partition coefficient (Wildman–Crippen LogP) is 3.41. The largest absolute Gasteiger partial charge is 0.397 e. The second-order valence-corrected chi connectivity index (χ2v) is 3.46. The van der Waals surface area contributed by atoms with E-state index in [1.54, 1.807) is 24.3 Å². The summed E-state index contributed by atoms with van der Waals surface area (Å²) in [6, 6.07) is 10.9. The Morgan fingerprint density at radius 1 is 0.824 bits per heavy atom. The highest BCUT2D eigenvalue weighted by molar-refractivity contribution is 5.64. The van der Waals surface area contributed by atoms with E-state index in [1.165, 1.54) is 18.2 Å². The fourth-order valence-electron chi connectivity index (χ4n) is 1.29. The molecule has 0 radical (unpaired) electrons. The second-order valence-electron chi connectivity index (χ2n) is 3.46. The van der Waals surface area contributed by atoms with Gasteiger partial charge in [-0.3, -0.25) is 0 Å². The van der Waals surface area contributed by atoms with E-state index >= 15 is 0 Å². The Bertz CT molecular complexity index is 566. The molecule has 0 spiro atoms. The fraction of sp³-hybridized carbons (Fsp3) is 0. The van der Waals surface area contributed by atoms with Gasteiger partial charge in [-0.05, 0) is 24.3 Å². The summed E-state index contributed by atoms with van der Waals surface area (Å²) in [5, 5.41) is 7.81. The van der Waals surface area contributed by atoms with Gasteiger partial charge in [0.05, 0.1) is 11.4 Å². The van der Waals surface area contributed by atoms with Gasteiger partial charge >= 0.3 is 0 Å². The van der Waals surface area contributed by atoms with Crippen LogP contribution in [0.5, 0.6) is 0 Å². The zero-order valence-corrected chi connectivity index (χ0v) is 8.97. The first kappa shape index (κ1) is 11.1. The lowest BCUT2D eigenvalue weighted by Gasteiger charge is -2.00. The van der Waals surface area contributed by atoms with Gasteiger partial charge in [-0.2, -0.15) is 0 Å². The molecule has 0 saturated heterocycles. The zero-order chi connectivity index (χ0) is 12.3. The molecule has 0 aromatic heterocycles. The summed E-state index contributed by atoms with van der Waals surface area (Å²) in [5.74, 6) is -0.408. The van der Waals surface area contributed by atoms with Crippen molar-refractivity contribution in [1.29, 1.82) is 0 Å². The van der Waals surface area contributed by atoms with Crippen molar-refractivity contribution in [2.24, 2.45) is 10.2 Å². The number of rotatable bonds is 2. The van der Waals surface area contributed by atoms with Gasteiger partial charge in [-0.15, -0.1) is 10.2 Å². The maximum atomic E-state index is 13.0. The van der Waals surface area contributed by atoms with Crippen LogP contribution >= 0.6 is 0 Å². The number of azo groups is 1. The van der Waals surface area contributed by atoms with Crippen molar-refractivity contribution in [1.82, 2.24) is 0 Å². The number of halogens is 1. The maximum Gasteiger partial charge on any atom is 0.125 e. The van der Waals surface area contributed by atoms with Gasteiger partial charge in [-0.1, -0.05) is 12.1 Å². The predicted molar refractivity (Wildman–Crippen MR) is 65.8 cm³/mol. The lowest BCUT2D eigenvalue weighted by molar-refractivity contribution is 0.628. The molecular weight excluding hydrogens is 219 g/mol. The monoisotopic (exact) mass is 230 g/mol. The van der Waals surface area contributed by atoms with E-state index < -0.39 is 5.82 Å². The van der Waals surface area contributed by atoms with Crippen LogP contribution in [0.2, 0.25) is 0 Å². The zero-order valence-electron chi connectivity index (χ0n) is 8.97. The number of hydrogen-bond donors (Lipinski definition) is 2. The molecule has 0 amide bonds. The molecule has 0 fully saturated rings. The molecule has 2 aromatic carbocycles. The Morgan fingerprint density at radius 3 is 2.24 bits per heavy atom. The molecule has 4 nitrogen and oxygen atoms in total. The average Bonchev–Trinajstić information content (AvgIpc) is 2.32. The molecule has 0 heterocycles. The Hall–Kier alpha value is -2.43. The van der Waals surface area contributed by atoms with Crippen LogP contribution in [-0.4, -0.2) is 0 Å². The third kappa shape index (κ3) is 2.57. The minimum Gasteiger partial charge on any atom is -0.397 e. The maximum absolute atomic E-state index is 13.0. The number of hydrogen-bond acceptors (Lipinski definition) is 4. The van der Waals surface area contributed by atoms with Crippen molar-refractivity contribution < 1.29 is 4.39 Å². The molecule has 4 N–H and O–H groups in total. The van der Waals surface area contributed by atoms with Crippen LogP contribution in [0.3, 0.4) is 0 Å². The van der Waals surface area contributed by atoms with E-state index in [-0.39, 0.29) is 5.69 Å². The Kier molecular flexibility index (Phi) is 3.00. The molecule has 0 aliphatic rings. The topological polar surface area (TPSA) is 76.8 Å². The summed E-state index contributed by atoms with van der Waals surface area (Å²) in [6.45, 7) is 0. The van der Waals surface area contributed by atoms with Gasteiger partial charge in [0.25, 0.3) is 0 Å². The Labute approximate surface area is 97.8 Å². The summed E-state index contributed by atoms with van der Waals surface area (Å²) in [6.07, 6.45) is 0. The van der Waals surface area contributed by atoms with Crippen LogP contribution in [0.25, 0.3) is 0 Å². The summed E-state index contributed by atoms with van der Waals surface area (Å²) >= 11 is 0. The van der Waals surface area contributed by atoms with Gasteiger partial charge in [0.15, 0.2) is 0 Å². The molecular formula is C12H11FN4. The lowest BCUT2D eigenvalue weighted by atomic mass is 10.2. The molecule has 17 heavy (non-hydrogen) atoms. The van der Waals surface area contributed by atoms with Gasteiger partial charge in [0, 0.05) is 6.07 Å². The smallest absolute Gasteiger partial charge is 0.125 e. The van der Waals surface area contributed by atoms with E-state index in [1.807, 2.05) is 0 Å². The average molecular weight is 230 g/mol. The van der Waals surface area contributed by atoms with Crippen molar-refractivity contribution in [3.8, 4) is 0 Å². The number of nitrogen functional groups attached to an aromatic ring is 2. The van der Waals surface area contributed by atoms with E-state index in [9.17, 15) is 4.39 Å². The molecule has 86 valence electrons. The molecule has 2 aromatic rings. The third-order valence-corrected chi connectivity index (χ3v) is 2.19. The molecule has 0 saturated carbocycles. The molecule has 0 atom stereocenters. The first-order valence-electron chi connectivity index (χ1n) is 4.98. The minimum atomic E-state index is -0.408. The number of para-hydroxylation sites is 1. The second kappa shape index (κ2) is 4.61. The molecule has 2 rings (SSSR count). The quantitative estimate of drug-likeness (QED) is 0.612. The molecule has 5 heteroatoms.